The van der Waals surface area contributed by atoms with Crippen molar-refractivity contribution in [1.29, 1.82) is 0 Å². The van der Waals surface area contributed by atoms with Gasteiger partial charge in [-0.1, -0.05) is 15.9 Å². The first-order valence-corrected chi connectivity index (χ1v) is 7.00. The summed E-state index contributed by atoms with van der Waals surface area (Å²) in [4.78, 5) is 11.8. The Kier molecular flexibility index (Phi) is 4.09. The third-order valence-electron chi connectivity index (χ3n) is 2.77. The van der Waals surface area contributed by atoms with Crippen molar-refractivity contribution in [3.05, 3.63) is 28.2 Å². The molecule has 0 aliphatic carbocycles. The van der Waals surface area contributed by atoms with Gasteiger partial charge in [0.15, 0.2) is 0 Å². The Labute approximate surface area is 118 Å². The van der Waals surface area contributed by atoms with Gasteiger partial charge in [0.05, 0.1) is 18.2 Å². The minimum Gasteiger partial charge on any atom is -0.466 e. The predicted octanol–water partition coefficient (Wildman–Crippen LogP) is 3.30. The van der Waals surface area contributed by atoms with Gasteiger partial charge in [-0.25, -0.2) is 0 Å². The maximum absolute atomic E-state index is 11.8. The topological polar surface area (TPSA) is 29.5 Å². The number of halogens is 2. The van der Waals surface area contributed by atoms with Crippen LogP contribution in [-0.2, 0) is 16.0 Å². The van der Waals surface area contributed by atoms with Gasteiger partial charge < -0.3 is 8.66 Å². The minimum atomic E-state index is -0.123. The molecule has 1 aliphatic rings. The van der Waals surface area contributed by atoms with E-state index in [0.717, 1.165) is 22.1 Å². The fraction of sp³-hybridized carbons (Fsp3) is 0.417. The molecule has 0 saturated heterocycles. The standard InChI is InChI=1S/C12H13Br2NO2/c1-2-17-12(16)9-5-8-6-10(13)3-4-11(8)15(14)7-9/h3-4,6,9H,2,5,7H2,1H3. The van der Waals surface area contributed by atoms with Crippen molar-refractivity contribution in [3.63, 3.8) is 0 Å². The van der Waals surface area contributed by atoms with Crippen molar-refractivity contribution in [2.24, 2.45) is 5.92 Å². The average Bonchev–Trinajstić information content (AvgIpc) is 2.28. The molecule has 2 rings (SSSR count). The van der Waals surface area contributed by atoms with E-state index < -0.39 is 0 Å². The molecule has 0 aromatic heterocycles. The van der Waals surface area contributed by atoms with Gasteiger partial charge in [0.2, 0.25) is 0 Å². The van der Waals surface area contributed by atoms with Gasteiger partial charge in [0.1, 0.15) is 0 Å². The largest absolute Gasteiger partial charge is 0.466 e. The molecule has 0 amide bonds. The van der Waals surface area contributed by atoms with E-state index in [4.69, 9.17) is 4.74 Å². The summed E-state index contributed by atoms with van der Waals surface area (Å²) in [7, 11) is 0. The quantitative estimate of drug-likeness (QED) is 0.597. The molecule has 1 aromatic rings. The maximum Gasteiger partial charge on any atom is 0.311 e. The fourth-order valence-electron chi connectivity index (χ4n) is 1.99. The summed E-state index contributed by atoms with van der Waals surface area (Å²) in [6, 6.07) is 6.09. The van der Waals surface area contributed by atoms with Crippen LogP contribution in [0.25, 0.3) is 0 Å². The Morgan fingerprint density at radius 2 is 2.35 bits per heavy atom. The average molecular weight is 363 g/mol. The van der Waals surface area contributed by atoms with E-state index in [2.05, 4.69) is 38.1 Å². The van der Waals surface area contributed by atoms with Gasteiger partial charge in [-0.3, -0.25) is 4.79 Å². The molecular formula is C12H13Br2NO2. The van der Waals surface area contributed by atoms with Crippen LogP contribution in [0.1, 0.15) is 12.5 Å². The first kappa shape index (κ1) is 12.9. The van der Waals surface area contributed by atoms with Crippen molar-refractivity contribution in [1.82, 2.24) is 0 Å². The molecule has 5 heteroatoms. The molecule has 3 nitrogen and oxygen atoms in total. The van der Waals surface area contributed by atoms with Gasteiger partial charge >= 0.3 is 5.97 Å². The monoisotopic (exact) mass is 361 g/mol. The van der Waals surface area contributed by atoms with Crippen molar-refractivity contribution in [2.75, 3.05) is 17.1 Å². The van der Waals surface area contributed by atoms with E-state index in [1.165, 1.54) is 0 Å². The van der Waals surface area contributed by atoms with E-state index in [1.54, 1.807) is 0 Å². The second-order valence-corrected chi connectivity index (χ2v) is 5.74. The van der Waals surface area contributed by atoms with Crippen molar-refractivity contribution in [2.45, 2.75) is 13.3 Å². The third kappa shape index (κ3) is 2.83. The van der Waals surface area contributed by atoms with Gasteiger partial charge in [0, 0.05) is 27.2 Å². The summed E-state index contributed by atoms with van der Waals surface area (Å²) in [5, 5.41) is 0. The van der Waals surface area contributed by atoms with Crippen molar-refractivity contribution in [3.8, 4) is 0 Å². The molecule has 0 saturated carbocycles. The van der Waals surface area contributed by atoms with Crippen molar-refractivity contribution >= 4 is 43.7 Å². The lowest BCUT2D eigenvalue weighted by Gasteiger charge is -2.30. The lowest BCUT2D eigenvalue weighted by atomic mass is 9.94. The van der Waals surface area contributed by atoms with Crippen molar-refractivity contribution < 1.29 is 9.53 Å². The highest BCUT2D eigenvalue weighted by atomic mass is 79.9. The van der Waals surface area contributed by atoms with Crippen LogP contribution in [0.2, 0.25) is 0 Å². The van der Waals surface area contributed by atoms with Gasteiger partial charge in [0.25, 0.3) is 0 Å². The molecule has 1 atom stereocenters. The Bertz CT molecular complexity index is 437. The zero-order valence-electron chi connectivity index (χ0n) is 9.45. The number of fused-ring (bicyclic) bond motifs is 1. The normalized spacial score (nSPS) is 18.8. The summed E-state index contributed by atoms with van der Waals surface area (Å²) in [6.45, 7) is 2.91. The highest BCUT2D eigenvalue weighted by Crippen LogP contribution is 2.34. The van der Waals surface area contributed by atoms with Crippen LogP contribution in [0.5, 0.6) is 0 Å². The zero-order chi connectivity index (χ0) is 12.4. The molecule has 0 spiro atoms. The molecule has 0 N–H and O–H groups in total. The predicted molar refractivity (Wildman–Crippen MR) is 74.2 cm³/mol. The lowest BCUT2D eigenvalue weighted by Crippen LogP contribution is -2.34. The Morgan fingerprint density at radius 1 is 1.59 bits per heavy atom. The first-order chi connectivity index (χ1) is 8.11. The second kappa shape index (κ2) is 5.40. The molecule has 1 aromatic carbocycles. The number of carbonyl (C=O) groups is 1. The Hall–Kier alpha value is -0.550. The van der Waals surface area contributed by atoms with Gasteiger partial charge in [-0.2, -0.15) is 0 Å². The number of benzene rings is 1. The summed E-state index contributed by atoms with van der Waals surface area (Å²) in [6.07, 6.45) is 0.732. The van der Waals surface area contributed by atoms with Gasteiger partial charge in [-0.15, -0.1) is 0 Å². The van der Waals surface area contributed by atoms with Crippen LogP contribution in [0.15, 0.2) is 22.7 Å². The number of carbonyl (C=O) groups excluding carboxylic acids is 1. The van der Waals surface area contributed by atoms with Crippen LogP contribution < -0.4 is 3.93 Å². The molecule has 0 bridgehead atoms. The lowest BCUT2D eigenvalue weighted by molar-refractivity contribution is -0.147. The number of esters is 1. The number of nitrogens with zero attached hydrogens (tertiary/aromatic N) is 1. The number of anilines is 1. The van der Waals surface area contributed by atoms with E-state index in [9.17, 15) is 4.79 Å². The first-order valence-electron chi connectivity index (χ1n) is 5.50. The second-order valence-electron chi connectivity index (χ2n) is 3.97. The third-order valence-corrected chi connectivity index (χ3v) is 3.93. The van der Waals surface area contributed by atoms with Crippen LogP contribution in [0, 0.1) is 5.92 Å². The summed E-state index contributed by atoms with van der Waals surface area (Å²) < 4.78 is 8.04. The highest BCUT2D eigenvalue weighted by Gasteiger charge is 2.29. The molecule has 1 aliphatic heterocycles. The fourth-order valence-corrected chi connectivity index (χ4v) is 3.10. The molecule has 0 radical (unpaired) electrons. The van der Waals surface area contributed by atoms with E-state index in [1.807, 2.05) is 23.0 Å². The maximum atomic E-state index is 11.8. The highest BCUT2D eigenvalue weighted by molar-refractivity contribution is 9.10. The Morgan fingerprint density at radius 3 is 3.06 bits per heavy atom. The Balaban J connectivity index is 2.22. The summed E-state index contributed by atoms with van der Waals surface area (Å²) in [5.74, 6) is -0.223. The van der Waals surface area contributed by atoms with E-state index in [-0.39, 0.29) is 11.9 Å². The number of hydrogen-bond acceptors (Lipinski definition) is 3. The number of ether oxygens (including phenoxy) is 1. The summed E-state index contributed by atoms with van der Waals surface area (Å²) >= 11 is 6.93. The van der Waals surface area contributed by atoms with Crippen LogP contribution in [-0.4, -0.2) is 19.1 Å². The molecule has 17 heavy (non-hydrogen) atoms. The van der Waals surface area contributed by atoms with E-state index in [0.29, 0.717) is 13.2 Å². The summed E-state index contributed by atoms with van der Waals surface area (Å²) in [5.41, 5.74) is 2.27. The molecule has 1 unspecified atom stereocenters. The molecule has 1 heterocycles. The van der Waals surface area contributed by atoms with Crippen LogP contribution >= 0.6 is 32.1 Å². The smallest absolute Gasteiger partial charge is 0.311 e. The SMILES string of the molecule is CCOC(=O)C1Cc2cc(Br)ccc2N(Br)C1. The number of hydrogen-bond donors (Lipinski definition) is 0. The van der Waals surface area contributed by atoms with Crippen LogP contribution in [0.4, 0.5) is 5.69 Å². The minimum absolute atomic E-state index is 0.101. The molecular weight excluding hydrogens is 350 g/mol. The number of rotatable bonds is 2. The van der Waals surface area contributed by atoms with Gasteiger partial charge in [-0.05, 0) is 37.1 Å². The zero-order valence-corrected chi connectivity index (χ0v) is 12.6. The molecule has 92 valence electrons. The molecule has 0 fully saturated rings. The van der Waals surface area contributed by atoms with E-state index >= 15 is 0 Å². The van der Waals surface area contributed by atoms with Crippen LogP contribution in [0.3, 0.4) is 0 Å².